The molecule has 0 amide bonds. The first-order chi connectivity index (χ1) is 33.0. The van der Waals surface area contributed by atoms with Gasteiger partial charge < -0.3 is 55.8 Å². The van der Waals surface area contributed by atoms with Crippen LogP contribution in [0.5, 0.6) is 0 Å². The lowest BCUT2D eigenvalue weighted by Crippen LogP contribution is -2.64. The van der Waals surface area contributed by atoms with Crippen LogP contribution in [-0.2, 0) is 37.5 Å². The number of allylic oxidation sites excluding steroid dienone is 13. The number of rotatable bonds is 39. The van der Waals surface area contributed by atoms with Crippen molar-refractivity contribution < 1.29 is 78.1 Å². The Morgan fingerprint density at radius 1 is 0.681 bits per heavy atom. The number of unbranched alkanes of at least 4 members (excludes halogenated alkanes) is 8. The first-order valence-corrected chi connectivity index (χ1v) is 26.9. The van der Waals surface area contributed by atoms with Crippen molar-refractivity contribution in [2.45, 2.75) is 190 Å². The molecule has 10 N–H and O–H groups in total. The number of aliphatic hydroxyl groups is 6. The number of aliphatic hydroxyl groups excluding tert-OH is 6. The van der Waals surface area contributed by atoms with Crippen molar-refractivity contribution in [2.24, 2.45) is 5.73 Å². The molecule has 0 bridgehead atoms. The molecule has 17 nitrogen and oxygen atoms in total. The number of phosphoric ester groups is 1. The number of carboxylic acid groups (broad SMARTS) is 1. The second kappa shape index (κ2) is 39.4. The summed E-state index contributed by atoms with van der Waals surface area (Å²) in [7, 11) is -5.26. The fourth-order valence-corrected chi connectivity index (χ4v) is 8.78. The highest BCUT2D eigenvalue weighted by molar-refractivity contribution is 8.00. The van der Waals surface area contributed by atoms with E-state index in [-0.39, 0.29) is 31.4 Å². The zero-order chi connectivity index (χ0) is 51.3. The molecule has 0 aromatic rings. The van der Waals surface area contributed by atoms with E-state index in [1.807, 2.05) is 18.2 Å². The van der Waals surface area contributed by atoms with Gasteiger partial charge in [0.15, 0.2) is 6.10 Å². The van der Waals surface area contributed by atoms with Gasteiger partial charge in [0.2, 0.25) is 0 Å². The topological polar surface area (TPSA) is 293 Å². The van der Waals surface area contributed by atoms with E-state index in [9.17, 15) is 54.5 Å². The molecule has 0 aromatic heterocycles. The highest BCUT2D eigenvalue weighted by Crippen LogP contribution is 2.47. The number of ether oxygens (including phenoxy) is 2. The molecular weight excluding hydrogens is 934 g/mol. The van der Waals surface area contributed by atoms with Crippen LogP contribution < -0.4 is 5.73 Å². The molecule has 1 aliphatic rings. The maximum Gasteiger partial charge on any atom is 0.472 e. The van der Waals surface area contributed by atoms with Crippen molar-refractivity contribution in [3.63, 3.8) is 0 Å². The van der Waals surface area contributed by atoms with Gasteiger partial charge in [0, 0.05) is 23.8 Å². The Balaban J connectivity index is 2.89. The van der Waals surface area contributed by atoms with Crippen LogP contribution in [0.3, 0.4) is 0 Å². The van der Waals surface area contributed by atoms with Gasteiger partial charge in [0.25, 0.3) is 0 Å². The van der Waals surface area contributed by atoms with Crippen LogP contribution in [0.1, 0.15) is 129 Å². The Bertz CT molecular complexity index is 1650. The van der Waals surface area contributed by atoms with E-state index in [0.29, 0.717) is 6.42 Å². The highest BCUT2D eigenvalue weighted by atomic mass is 32.2. The number of hydrogen-bond acceptors (Lipinski definition) is 16. The van der Waals surface area contributed by atoms with E-state index in [1.54, 1.807) is 18.2 Å². The van der Waals surface area contributed by atoms with Crippen molar-refractivity contribution in [3.8, 4) is 0 Å². The summed E-state index contributed by atoms with van der Waals surface area (Å²) in [6.45, 7) is 2.69. The Hall–Kier alpha value is -3.23. The van der Waals surface area contributed by atoms with Crippen molar-refractivity contribution >= 4 is 37.5 Å². The second-order valence-electron chi connectivity index (χ2n) is 16.8. The minimum absolute atomic E-state index is 0.0299. The van der Waals surface area contributed by atoms with Gasteiger partial charge in [-0.05, 0) is 70.6 Å². The quantitative estimate of drug-likeness (QED) is 0.0103. The molecule has 19 heteroatoms. The number of carboxylic acids is 1. The Morgan fingerprint density at radius 3 is 1.88 bits per heavy atom. The van der Waals surface area contributed by atoms with Crippen LogP contribution >= 0.6 is 19.6 Å². The molecule has 0 saturated heterocycles. The molecule has 3 unspecified atom stereocenters. The summed E-state index contributed by atoms with van der Waals surface area (Å²) in [6, 6.07) is -1.26. The van der Waals surface area contributed by atoms with Crippen molar-refractivity contribution in [3.05, 3.63) is 85.1 Å². The first kappa shape index (κ1) is 63.8. The Morgan fingerprint density at radius 2 is 1.25 bits per heavy atom. The van der Waals surface area contributed by atoms with E-state index in [1.165, 1.54) is 19.3 Å². The molecule has 1 fully saturated rings. The van der Waals surface area contributed by atoms with E-state index in [4.69, 9.17) is 29.4 Å². The summed E-state index contributed by atoms with van der Waals surface area (Å²) in [5.41, 5.74) is 6.17. The van der Waals surface area contributed by atoms with Crippen LogP contribution in [0.2, 0.25) is 0 Å². The second-order valence-corrected chi connectivity index (χ2v) is 19.4. The summed E-state index contributed by atoms with van der Waals surface area (Å²) in [5.74, 6) is -2.72. The smallest absolute Gasteiger partial charge is 0.472 e. The van der Waals surface area contributed by atoms with Crippen molar-refractivity contribution in [1.82, 2.24) is 0 Å². The molecule has 0 aliphatic heterocycles. The van der Waals surface area contributed by atoms with Gasteiger partial charge in [0.1, 0.15) is 49.3 Å². The lowest BCUT2D eigenvalue weighted by Gasteiger charge is -2.41. The van der Waals surface area contributed by atoms with E-state index in [2.05, 4.69) is 62.5 Å². The molecule has 0 radical (unpaired) electrons. The summed E-state index contributed by atoms with van der Waals surface area (Å²) in [6.07, 6.45) is 26.6. The van der Waals surface area contributed by atoms with Crippen LogP contribution in [0, 0.1) is 0 Å². The van der Waals surface area contributed by atoms with E-state index >= 15 is 0 Å². The zero-order valence-electron chi connectivity index (χ0n) is 40.5. The maximum absolute atomic E-state index is 13.1. The molecule has 0 spiro atoms. The minimum Gasteiger partial charge on any atom is -0.481 e. The summed E-state index contributed by atoms with van der Waals surface area (Å²) in [4.78, 5) is 47.6. The van der Waals surface area contributed by atoms with Gasteiger partial charge in [-0.15, -0.1) is 11.8 Å². The third kappa shape index (κ3) is 31.0. The Labute approximate surface area is 413 Å². The van der Waals surface area contributed by atoms with Gasteiger partial charge in [-0.1, -0.05) is 131 Å². The monoisotopic (exact) mass is 1020 g/mol. The Kier molecular flexibility index (Phi) is 36.4. The number of hydrogen-bond donors (Lipinski definition) is 9. The number of aliphatic carboxylic acids is 1. The molecule has 394 valence electrons. The fraction of sp³-hybridized carbons (Fsp3) is 0.660. The summed E-state index contributed by atoms with van der Waals surface area (Å²) < 4.78 is 33.6. The van der Waals surface area contributed by atoms with Crippen molar-refractivity contribution in [2.75, 3.05) is 19.0 Å². The number of phosphoric acid groups is 1. The van der Waals surface area contributed by atoms with Gasteiger partial charge in [0.05, 0.1) is 12.7 Å². The molecular formula is C50H82NO16PS. The predicted molar refractivity (Wildman–Crippen MR) is 268 cm³/mol. The van der Waals surface area contributed by atoms with Gasteiger partial charge in [-0.2, -0.15) is 0 Å². The number of carbonyl (C=O) groups is 3. The molecule has 0 aromatic carbocycles. The minimum atomic E-state index is -5.26. The highest BCUT2D eigenvalue weighted by Gasteiger charge is 2.51. The third-order valence-corrected chi connectivity index (χ3v) is 13.1. The van der Waals surface area contributed by atoms with Crippen molar-refractivity contribution in [1.29, 1.82) is 0 Å². The molecule has 11 atom stereocenters. The summed E-state index contributed by atoms with van der Waals surface area (Å²) in [5, 5.41) is 69.9. The molecule has 69 heavy (non-hydrogen) atoms. The standard InChI is InChI=1S/C50H82NO16PS/c1-3-5-7-9-11-13-15-17-18-19-21-23-25-27-29-34-43(55)66-38(36-65-68(62,63)67-49-47(59)45(57)44(56)46(58)48(49)60)35-64-50(61)39(51)37-69-41(40(52)31-30-33-42(53)54)32-28-26-24-22-20-16-14-12-10-8-6-4-2/h5,7,11-14,17-18,20,22,24,26,28,32,38-41,44-49,52,56-60H,3-4,6,8-10,15-16,19,21,23,25,27,29-31,33-37,51H2,1-2H3,(H,53,54)(H,62,63)/b7-5-,13-11-,14-12-,18-17-,22-20-,26-24+,32-28+/t38-,39+,40+,41-,44?,45-,46+,47-,48-,49?/m1/s1. The first-order valence-electron chi connectivity index (χ1n) is 24.3. The van der Waals surface area contributed by atoms with Crippen LogP contribution in [0.15, 0.2) is 85.1 Å². The third-order valence-electron chi connectivity index (χ3n) is 10.7. The maximum atomic E-state index is 13.1. The van der Waals surface area contributed by atoms with Gasteiger partial charge in [-0.25, -0.2) is 4.57 Å². The van der Waals surface area contributed by atoms with E-state index in [0.717, 1.165) is 76.0 Å². The van der Waals surface area contributed by atoms with Crippen LogP contribution in [0.4, 0.5) is 0 Å². The summed E-state index contributed by atoms with van der Waals surface area (Å²) >= 11 is 1.14. The van der Waals surface area contributed by atoms with Crippen LogP contribution in [-0.4, -0.2) is 138 Å². The number of esters is 2. The molecule has 1 saturated carbocycles. The normalized spacial score (nSPS) is 22.9. The van der Waals surface area contributed by atoms with Crippen LogP contribution in [0.25, 0.3) is 0 Å². The predicted octanol–water partition coefficient (Wildman–Crippen LogP) is 6.59. The number of thioether (sulfide) groups is 1. The van der Waals surface area contributed by atoms with Gasteiger partial charge in [-0.3, -0.25) is 23.4 Å². The molecule has 1 rings (SSSR count). The lowest BCUT2D eigenvalue weighted by molar-refractivity contribution is -0.220. The number of carbonyl (C=O) groups excluding carboxylic acids is 2. The molecule has 0 heterocycles. The average Bonchev–Trinajstić information content (AvgIpc) is 3.32. The fourth-order valence-electron chi connectivity index (χ4n) is 6.68. The van der Waals surface area contributed by atoms with E-state index < -0.39 is 99.1 Å². The molecule has 1 aliphatic carbocycles. The van der Waals surface area contributed by atoms with Gasteiger partial charge >= 0.3 is 25.7 Å². The lowest BCUT2D eigenvalue weighted by atomic mass is 9.85. The average molecular weight is 1020 g/mol. The zero-order valence-corrected chi connectivity index (χ0v) is 42.2. The number of nitrogens with two attached hydrogens (primary N) is 1. The largest absolute Gasteiger partial charge is 0.481 e. The SMILES string of the molecule is CC/C=C\C/C=C\C/C=C\CCCCCCCC(=O)O[C@H](COC(=O)[C@@H](N)CS[C@H](/C=C/C=C/C=C\C/C=C\CCCCC)[C@@H](O)CCCC(=O)O)COP(=O)(O)OC1[C@H](O)[C@H](O)C(O)[C@H](O)[C@H]1O.